The summed E-state index contributed by atoms with van der Waals surface area (Å²) in [5.74, 6) is -1.54. The van der Waals surface area contributed by atoms with Gasteiger partial charge in [0.2, 0.25) is 5.95 Å². The second-order valence-corrected chi connectivity index (χ2v) is 5.08. The number of rotatable bonds is 1. The first-order chi connectivity index (χ1) is 10.0. The van der Waals surface area contributed by atoms with Gasteiger partial charge in [-0.2, -0.15) is 4.98 Å². The predicted octanol–water partition coefficient (Wildman–Crippen LogP) is 1.38. The molecule has 4 rings (SSSR count). The van der Waals surface area contributed by atoms with Gasteiger partial charge in [-0.1, -0.05) is 0 Å². The summed E-state index contributed by atoms with van der Waals surface area (Å²) in [7, 11) is 0. The Balaban J connectivity index is 2.06. The highest BCUT2D eigenvalue weighted by Gasteiger charge is 2.29. The first-order valence-corrected chi connectivity index (χ1v) is 6.39. The van der Waals surface area contributed by atoms with Crippen LogP contribution in [0, 0.1) is 11.6 Å². The van der Waals surface area contributed by atoms with Gasteiger partial charge in [0.15, 0.2) is 23.0 Å². The maximum absolute atomic E-state index is 14.0. The Kier molecular flexibility index (Phi) is 2.35. The molecular weight excluding hydrogens is 280 g/mol. The van der Waals surface area contributed by atoms with Gasteiger partial charge in [-0.05, 0) is 12.1 Å². The van der Waals surface area contributed by atoms with Crippen LogP contribution in [0.1, 0.15) is 0 Å². The van der Waals surface area contributed by atoms with Crippen molar-refractivity contribution in [3.05, 3.63) is 23.8 Å². The quantitative estimate of drug-likeness (QED) is 0.703. The molecule has 1 fully saturated rings. The number of hydrogen-bond donors (Lipinski definition) is 2. The second kappa shape index (κ2) is 4.01. The van der Waals surface area contributed by atoms with E-state index in [1.807, 2.05) is 4.90 Å². The zero-order valence-electron chi connectivity index (χ0n) is 10.8. The Morgan fingerprint density at radius 1 is 1.24 bits per heavy atom. The Morgan fingerprint density at radius 3 is 2.71 bits per heavy atom. The fourth-order valence-electron chi connectivity index (χ4n) is 2.57. The number of aromatic nitrogens is 2. The number of halogens is 2. The van der Waals surface area contributed by atoms with E-state index in [-0.39, 0.29) is 34.1 Å². The second-order valence-electron chi connectivity index (χ2n) is 5.08. The Hall–Kier alpha value is -2.48. The van der Waals surface area contributed by atoms with E-state index in [1.54, 1.807) is 0 Å². The number of nitrogen functional groups attached to an aromatic ring is 1. The third-order valence-corrected chi connectivity index (χ3v) is 3.58. The molecule has 2 aromatic heterocycles. The number of anilines is 2. The van der Waals surface area contributed by atoms with Crippen molar-refractivity contribution in [3.8, 4) is 0 Å². The first-order valence-electron chi connectivity index (χ1n) is 6.39. The van der Waals surface area contributed by atoms with E-state index in [9.17, 15) is 8.78 Å². The topological polar surface area (TPSA) is 94.2 Å². The summed E-state index contributed by atoms with van der Waals surface area (Å²) in [5, 5.41) is -0.0230. The molecule has 0 aliphatic carbocycles. The number of furan rings is 1. The van der Waals surface area contributed by atoms with Crippen molar-refractivity contribution in [2.75, 3.05) is 23.7 Å². The molecule has 0 saturated carbocycles. The van der Waals surface area contributed by atoms with E-state index in [4.69, 9.17) is 15.9 Å². The van der Waals surface area contributed by atoms with Crippen molar-refractivity contribution < 1.29 is 13.2 Å². The molecule has 0 unspecified atom stereocenters. The van der Waals surface area contributed by atoms with Gasteiger partial charge >= 0.3 is 0 Å². The molecule has 6 nitrogen and oxygen atoms in total. The summed E-state index contributed by atoms with van der Waals surface area (Å²) in [4.78, 5) is 9.99. The van der Waals surface area contributed by atoms with Crippen molar-refractivity contribution in [1.29, 1.82) is 0 Å². The lowest BCUT2D eigenvalue weighted by atomic mass is 10.1. The fourth-order valence-corrected chi connectivity index (χ4v) is 2.57. The molecule has 3 heterocycles. The molecule has 3 aromatic rings. The van der Waals surface area contributed by atoms with Crippen molar-refractivity contribution in [1.82, 2.24) is 9.97 Å². The van der Waals surface area contributed by atoms with E-state index in [0.717, 1.165) is 6.07 Å². The smallest absolute Gasteiger partial charge is 0.222 e. The molecule has 108 valence electrons. The van der Waals surface area contributed by atoms with Crippen LogP contribution < -0.4 is 16.4 Å². The van der Waals surface area contributed by atoms with Gasteiger partial charge < -0.3 is 20.8 Å². The maximum Gasteiger partial charge on any atom is 0.222 e. The minimum atomic E-state index is -1.00. The number of hydrogen-bond acceptors (Lipinski definition) is 6. The number of nitrogens with zero attached hydrogens (tertiary/aromatic N) is 3. The van der Waals surface area contributed by atoms with Gasteiger partial charge in [-0.25, -0.2) is 13.8 Å². The van der Waals surface area contributed by atoms with Crippen molar-refractivity contribution in [3.63, 3.8) is 0 Å². The van der Waals surface area contributed by atoms with Crippen LogP contribution in [0.15, 0.2) is 16.5 Å². The number of fused-ring (bicyclic) bond motifs is 3. The summed E-state index contributed by atoms with van der Waals surface area (Å²) in [6.07, 6.45) is 0. The molecule has 0 atom stereocenters. The van der Waals surface area contributed by atoms with Crippen LogP contribution in [0.4, 0.5) is 20.5 Å². The van der Waals surface area contributed by atoms with Gasteiger partial charge in [-0.3, -0.25) is 0 Å². The zero-order chi connectivity index (χ0) is 14.7. The molecule has 4 N–H and O–H groups in total. The SMILES string of the molecule is Nc1nc(N2CC(N)C2)c2oc3ccc(F)c(F)c3c2n1. The van der Waals surface area contributed by atoms with E-state index in [1.165, 1.54) is 6.07 Å². The molecule has 0 radical (unpaired) electrons. The number of nitrogens with two attached hydrogens (primary N) is 2. The average molecular weight is 291 g/mol. The Morgan fingerprint density at radius 2 is 2.00 bits per heavy atom. The van der Waals surface area contributed by atoms with Crippen molar-refractivity contribution >= 4 is 33.8 Å². The summed E-state index contributed by atoms with van der Waals surface area (Å²) in [6.45, 7) is 1.19. The monoisotopic (exact) mass is 291 g/mol. The van der Waals surface area contributed by atoms with Crippen LogP contribution in [-0.2, 0) is 0 Å². The van der Waals surface area contributed by atoms with Crippen LogP contribution in [0.25, 0.3) is 22.1 Å². The summed E-state index contributed by atoms with van der Waals surface area (Å²) in [6, 6.07) is 2.42. The molecule has 1 aromatic carbocycles. The Bertz CT molecular complexity index is 872. The summed E-state index contributed by atoms with van der Waals surface area (Å²) >= 11 is 0. The minimum absolute atomic E-state index is 0.0230. The molecular formula is C13H11F2N5O. The van der Waals surface area contributed by atoms with E-state index >= 15 is 0 Å². The molecule has 21 heavy (non-hydrogen) atoms. The van der Waals surface area contributed by atoms with E-state index in [2.05, 4.69) is 9.97 Å². The molecule has 1 aliphatic rings. The van der Waals surface area contributed by atoms with Gasteiger partial charge in [0.25, 0.3) is 0 Å². The lowest BCUT2D eigenvalue weighted by Gasteiger charge is -2.37. The Labute approximate surface area is 117 Å². The molecule has 0 bridgehead atoms. The van der Waals surface area contributed by atoms with E-state index < -0.39 is 11.6 Å². The lowest BCUT2D eigenvalue weighted by molar-refractivity contribution is 0.511. The van der Waals surface area contributed by atoms with Crippen LogP contribution in [0.5, 0.6) is 0 Å². The molecule has 0 spiro atoms. The van der Waals surface area contributed by atoms with Gasteiger partial charge in [0.1, 0.15) is 11.1 Å². The third-order valence-electron chi connectivity index (χ3n) is 3.58. The van der Waals surface area contributed by atoms with Crippen LogP contribution in [0.3, 0.4) is 0 Å². The minimum Gasteiger partial charge on any atom is -0.450 e. The molecule has 1 saturated heterocycles. The van der Waals surface area contributed by atoms with Gasteiger partial charge in [-0.15, -0.1) is 0 Å². The standard InChI is InChI=1S/C13H11F2N5O/c14-6-1-2-7-8(9(6)15)10-11(21-7)12(19-13(17)18-10)20-3-5(16)4-20/h1-2,5H,3-4,16H2,(H2,17,18,19). The first kappa shape index (κ1) is 12.3. The van der Waals surface area contributed by atoms with Crippen LogP contribution >= 0.6 is 0 Å². The average Bonchev–Trinajstić information content (AvgIpc) is 2.78. The van der Waals surface area contributed by atoms with Crippen molar-refractivity contribution in [2.24, 2.45) is 5.73 Å². The fraction of sp³-hybridized carbons (Fsp3) is 0.231. The van der Waals surface area contributed by atoms with Gasteiger partial charge in [0, 0.05) is 19.1 Å². The zero-order valence-corrected chi connectivity index (χ0v) is 10.8. The van der Waals surface area contributed by atoms with E-state index in [0.29, 0.717) is 18.9 Å². The molecule has 0 amide bonds. The van der Waals surface area contributed by atoms with Crippen molar-refractivity contribution in [2.45, 2.75) is 6.04 Å². The summed E-state index contributed by atoms with van der Waals surface area (Å²) < 4.78 is 33.0. The highest BCUT2D eigenvalue weighted by Crippen LogP contribution is 2.36. The van der Waals surface area contributed by atoms with Crippen LogP contribution in [-0.4, -0.2) is 29.1 Å². The molecule has 1 aliphatic heterocycles. The normalized spacial score (nSPS) is 15.9. The number of benzene rings is 1. The highest BCUT2D eigenvalue weighted by atomic mass is 19.2. The highest BCUT2D eigenvalue weighted by molar-refractivity contribution is 6.06. The van der Waals surface area contributed by atoms with Crippen LogP contribution in [0.2, 0.25) is 0 Å². The predicted molar refractivity (Wildman–Crippen MR) is 73.8 cm³/mol. The third kappa shape index (κ3) is 1.65. The lowest BCUT2D eigenvalue weighted by Crippen LogP contribution is -2.56. The summed E-state index contributed by atoms with van der Waals surface area (Å²) in [5.41, 5.74) is 12.1. The maximum atomic E-state index is 14.0. The molecule has 8 heteroatoms. The largest absolute Gasteiger partial charge is 0.450 e. The van der Waals surface area contributed by atoms with Gasteiger partial charge in [0.05, 0.1) is 5.39 Å².